The third kappa shape index (κ3) is 3.03. The van der Waals surface area contributed by atoms with E-state index < -0.39 is 5.54 Å². The Kier molecular flexibility index (Phi) is 4.37. The highest BCUT2D eigenvalue weighted by atomic mass is 15.3. The molecular weight excluding hydrogens is 308 g/mol. The van der Waals surface area contributed by atoms with Crippen molar-refractivity contribution in [3.05, 3.63) is 71.8 Å². The quantitative estimate of drug-likeness (QED) is 0.805. The minimum Gasteiger partial charge on any atom is -0.295 e. The van der Waals surface area contributed by atoms with Crippen LogP contribution >= 0.6 is 0 Å². The molecule has 1 aliphatic rings. The minimum absolute atomic E-state index is 0.341. The van der Waals surface area contributed by atoms with Gasteiger partial charge in [0.05, 0.1) is 5.69 Å². The largest absolute Gasteiger partial charge is 0.295 e. The average molecular weight is 326 g/mol. The van der Waals surface area contributed by atoms with E-state index in [2.05, 4.69) is 12.1 Å². The van der Waals surface area contributed by atoms with Gasteiger partial charge in [-0.3, -0.25) is 4.90 Å². The molecule has 0 aromatic heterocycles. The first kappa shape index (κ1) is 16.5. The number of amidine groups is 1. The SMILES string of the molecule is CC1=CCC(C#N)(C#N)N(c2ccccc2)C1=Nc1ccc(C)cc1. The second-order valence-electron chi connectivity index (χ2n) is 6.12. The van der Waals surface area contributed by atoms with E-state index in [1.807, 2.05) is 74.5 Å². The van der Waals surface area contributed by atoms with E-state index in [4.69, 9.17) is 4.99 Å². The lowest BCUT2D eigenvalue weighted by Crippen LogP contribution is -2.53. The summed E-state index contributed by atoms with van der Waals surface area (Å²) in [5.74, 6) is 0.629. The molecule has 0 unspecified atom stereocenters. The molecule has 0 radical (unpaired) electrons. The fourth-order valence-electron chi connectivity index (χ4n) is 2.86. The van der Waals surface area contributed by atoms with Crippen molar-refractivity contribution < 1.29 is 0 Å². The molecule has 122 valence electrons. The smallest absolute Gasteiger partial charge is 0.223 e. The van der Waals surface area contributed by atoms with Crippen molar-refractivity contribution in [2.24, 2.45) is 4.99 Å². The number of nitriles is 2. The third-order valence-electron chi connectivity index (χ3n) is 4.30. The highest BCUT2D eigenvalue weighted by Gasteiger charge is 2.43. The fourth-order valence-corrected chi connectivity index (χ4v) is 2.86. The molecule has 0 saturated heterocycles. The van der Waals surface area contributed by atoms with Gasteiger partial charge in [0.2, 0.25) is 5.54 Å². The number of para-hydroxylation sites is 1. The lowest BCUT2D eigenvalue weighted by atomic mass is 9.89. The fraction of sp³-hybridized carbons (Fsp3) is 0.190. The molecule has 2 aromatic rings. The molecule has 2 aromatic carbocycles. The Morgan fingerprint density at radius 2 is 1.60 bits per heavy atom. The molecule has 3 rings (SSSR count). The van der Waals surface area contributed by atoms with E-state index >= 15 is 0 Å². The Hall–Kier alpha value is -3.37. The summed E-state index contributed by atoms with van der Waals surface area (Å²) in [7, 11) is 0. The number of nitrogens with zero attached hydrogens (tertiary/aromatic N) is 4. The Balaban J connectivity index is 2.21. The normalized spacial score (nSPS) is 17.5. The molecule has 0 N–H and O–H groups in total. The van der Waals surface area contributed by atoms with E-state index in [1.165, 1.54) is 0 Å². The first-order valence-corrected chi connectivity index (χ1v) is 8.10. The average Bonchev–Trinajstić information content (AvgIpc) is 2.66. The van der Waals surface area contributed by atoms with Crippen LogP contribution in [0.5, 0.6) is 0 Å². The number of aryl methyl sites for hydroxylation is 1. The van der Waals surface area contributed by atoms with Crippen molar-refractivity contribution in [3.8, 4) is 12.1 Å². The molecule has 0 saturated carbocycles. The predicted octanol–water partition coefficient (Wildman–Crippen LogP) is 4.67. The topological polar surface area (TPSA) is 63.2 Å². The summed E-state index contributed by atoms with van der Waals surface area (Å²) >= 11 is 0. The van der Waals surface area contributed by atoms with Crippen LogP contribution < -0.4 is 4.90 Å². The van der Waals surface area contributed by atoms with Gasteiger partial charge in [0.15, 0.2) is 0 Å². The highest BCUT2D eigenvalue weighted by Crippen LogP contribution is 2.34. The Morgan fingerprint density at radius 3 is 2.20 bits per heavy atom. The molecule has 0 bridgehead atoms. The summed E-state index contributed by atoms with van der Waals surface area (Å²) in [6.45, 7) is 3.98. The lowest BCUT2D eigenvalue weighted by molar-refractivity contribution is 0.667. The molecule has 0 spiro atoms. The predicted molar refractivity (Wildman–Crippen MR) is 99.5 cm³/mol. The van der Waals surface area contributed by atoms with Crippen LogP contribution in [0.25, 0.3) is 0 Å². The molecule has 1 aliphatic heterocycles. The summed E-state index contributed by atoms with van der Waals surface area (Å²) < 4.78 is 0. The van der Waals surface area contributed by atoms with E-state index in [0.29, 0.717) is 12.3 Å². The van der Waals surface area contributed by atoms with Crippen LogP contribution in [0, 0.1) is 29.6 Å². The van der Waals surface area contributed by atoms with Crippen LogP contribution in [0.4, 0.5) is 11.4 Å². The number of hydrogen-bond donors (Lipinski definition) is 0. The molecule has 25 heavy (non-hydrogen) atoms. The Morgan fingerprint density at radius 1 is 0.960 bits per heavy atom. The summed E-state index contributed by atoms with van der Waals surface area (Å²) in [4.78, 5) is 6.51. The van der Waals surface area contributed by atoms with Crippen LogP contribution in [0.3, 0.4) is 0 Å². The van der Waals surface area contributed by atoms with Crippen molar-refractivity contribution in [1.82, 2.24) is 0 Å². The highest BCUT2D eigenvalue weighted by molar-refractivity contribution is 6.13. The summed E-state index contributed by atoms with van der Waals surface area (Å²) in [6, 6.07) is 21.8. The van der Waals surface area contributed by atoms with E-state index in [1.54, 1.807) is 4.90 Å². The van der Waals surface area contributed by atoms with Crippen molar-refractivity contribution in [2.45, 2.75) is 25.8 Å². The number of hydrogen-bond acceptors (Lipinski definition) is 3. The Labute approximate surface area is 148 Å². The van der Waals surface area contributed by atoms with Crippen LogP contribution in [0.15, 0.2) is 71.2 Å². The van der Waals surface area contributed by atoms with Gasteiger partial charge in [-0.2, -0.15) is 10.5 Å². The van der Waals surface area contributed by atoms with Gasteiger partial charge >= 0.3 is 0 Å². The monoisotopic (exact) mass is 326 g/mol. The molecule has 0 amide bonds. The standard InChI is InChI=1S/C21H18N4/c1-16-8-10-18(11-9-16)24-20-17(2)12-13-21(14-22,15-23)25(20)19-6-4-3-5-7-19/h3-12H,13H2,1-2H3. The van der Waals surface area contributed by atoms with Crippen LogP contribution in [0.1, 0.15) is 18.9 Å². The number of benzene rings is 2. The molecule has 0 aliphatic carbocycles. The molecule has 4 nitrogen and oxygen atoms in total. The van der Waals surface area contributed by atoms with E-state index in [-0.39, 0.29) is 0 Å². The van der Waals surface area contributed by atoms with Gasteiger partial charge in [-0.1, -0.05) is 42.0 Å². The van der Waals surface area contributed by atoms with Crippen LogP contribution in [-0.4, -0.2) is 11.4 Å². The second-order valence-corrected chi connectivity index (χ2v) is 6.12. The molecule has 4 heteroatoms. The van der Waals surface area contributed by atoms with Gasteiger partial charge < -0.3 is 0 Å². The van der Waals surface area contributed by atoms with Gasteiger partial charge in [0.25, 0.3) is 0 Å². The molecule has 0 fully saturated rings. The summed E-state index contributed by atoms with van der Waals surface area (Å²) in [6.07, 6.45) is 2.26. The lowest BCUT2D eigenvalue weighted by Gasteiger charge is -2.39. The summed E-state index contributed by atoms with van der Waals surface area (Å²) in [5.41, 5.74) is 2.38. The second kappa shape index (κ2) is 6.63. The maximum absolute atomic E-state index is 9.78. The Bertz CT molecular complexity index is 895. The third-order valence-corrected chi connectivity index (χ3v) is 4.30. The number of anilines is 1. The molecule has 1 heterocycles. The molecular formula is C21H18N4. The zero-order valence-electron chi connectivity index (χ0n) is 14.3. The number of rotatable bonds is 2. The summed E-state index contributed by atoms with van der Waals surface area (Å²) in [5, 5.41) is 19.6. The maximum Gasteiger partial charge on any atom is 0.223 e. The molecule has 0 atom stereocenters. The van der Waals surface area contributed by atoms with Crippen molar-refractivity contribution in [2.75, 3.05) is 4.90 Å². The zero-order chi connectivity index (χ0) is 17.9. The van der Waals surface area contributed by atoms with Gasteiger partial charge in [0, 0.05) is 12.1 Å². The van der Waals surface area contributed by atoms with Gasteiger partial charge in [-0.15, -0.1) is 0 Å². The van der Waals surface area contributed by atoms with E-state index in [9.17, 15) is 10.5 Å². The van der Waals surface area contributed by atoms with Gasteiger partial charge in [-0.25, -0.2) is 4.99 Å². The maximum atomic E-state index is 9.78. The van der Waals surface area contributed by atoms with Crippen molar-refractivity contribution in [3.63, 3.8) is 0 Å². The van der Waals surface area contributed by atoms with E-state index in [0.717, 1.165) is 22.5 Å². The zero-order valence-corrected chi connectivity index (χ0v) is 14.3. The minimum atomic E-state index is -1.30. The van der Waals surface area contributed by atoms with Crippen LogP contribution in [-0.2, 0) is 0 Å². The van der Waals surface area contributed by atoms with Gasteiger partial charge in [-0.05, 0) is 43.7 Å². The van der Waals surface area contributed by atoms with Gasteiger partial charge in [0.1, 0.15) is 18.0 Å². The van der Waals surface area contributed by atoms with Crippen LogP contribution in [0.2, 0.25) is 0 Å². The first-order valence-electron chi connectivity index (χ1n) is 8.10. The van der Waals surface area contributed by atoms with Crippen molar-refractivity contribution in [1.29, 1.82) is 10.5 Å². The number of aliphatic imine (C=N–C) groups is 1. The van der Waals surface area contributed by atoms with Crippen molar-refractivity contribution >= 4 is 17.2 Å². The first-order chi connectivity index (χ1) is 12.1.